The summed E-state index contributed by atoms with van der Waals surface area (Å²) in [6.07, 6.45) is -3.10. The highest BCUT2D eigenvalue weighted by Gasteiger charge is 2.33. The van der Waals surface area contributed by atoms with Crippen LogP contribution in [0.3, 0.4) is 0 Å². The van der Waals surface area contributed by atoms with Crippen LogP contribution in [0.15, 0.2) is 60.4 Å². The van der Waals surface area contributed by atoms with Crippen LogP contribution >= 0.6 is 0 Å². The molecule has 4 rings (SSSR count). The smallest absolute Gasteiger partial charge is 0.416 e. The van der Waals surface area contributed by atoms with E-state index in [4.69, 9.17) is 9.47 Å². The number of ether oxygens (including phenoxy) is 2. The Labute approximate surface area is 202 Å². The van der Waals surface area contributed by atoms with E-state index in [0.717, 1.165) is 36.3 Å². The number of hydrogen-bond donors (Lipinski definition) is 1. The average molecular weight is 491 g/mol. The van der Waals surface area contributed by atoms with Gasteiger partial charge in [-0.05, 0) is 41.9 Å². The standard InChI is InChI=1S/C26H29F3N2O4/c1-30-10-12-31(13-11-30)25(33)23-14-21(20-6-8-22(9-7-20)26(27,28)29)15-24(35-23)34-17-19-4-2-18(16-32)3-5-19/h2-9,14,21,24,32H,10-13,15-17H2,1H3/t21-,24+/m0/s1. The first-order chi connectivity index (χ1) is 16.7. The molecule has 0 saturated carbocycles. The number of rotatable bonds is 6. The molecule has 0 radical (unpaired) electrons. The lowest BCUT2D eigenvalue weighted by Crippen LogP contribution is -2.48. The fraction of sp³-hybridized carbons (Fsp3) is 0.423. The van der Waals surface area contributed by atoms with Crippen molar-refractivity contribution in [3.63, 3.8) is 0 Å². The first-order valence-electron chi connectivity index (χ1n) is 11.6. The zero-order valence-electron chi connectivity index (χ0n) is 19.5. The number of carbonyl (C=O) groups is 1. The molecule has 188 valence electrons. The highest BCUT2D eigenvalue weighted by Crippen LogP contribution is 2.35. The summed E-state index contributed by atoms with van der Waals surface area (Å²) in [7, 11) is 2.00. The van der Waals surface area contributed by atoms with Gasteiger partial charge >= 0.3 is 6.18 Å². The SMILES string of the molecule is CN1CCN(C(=O)C2=C[C@H](c3ccc(C(F)(F)F)cc3)C[C@H](OCc3ccc(CO)cc3)O2)CC1. The Kier molecular flexibility index (Phi) is 7.78. The van der Waals surface area contributed by atoms with Crippen LogP contribution in [0.4, 0.5) is 13.2 Å². The maximum absolute atomic E-state index is 13.2. The molecule has 1 amide bonds. The molecule has 1 saturated heterocycles. The molecule has 6 nitrogen and oxygen atoms in total. The second-order valence-corrected chi connectivity index (χ2v) is 8.92. The van der Waals surface area contributed by atoms with Crippen LogP contribution in [0.2, 0.25) is 0 Å². The molecule has 0 aliphatic carbocycles. The summed E-state index contributed by atoms with van der Waals surface area (Å²) in [4.78, 5) is 17.1. The van der Waals surface area contributed by atoms with E-state index >= 15 is 0 Å². The fourth-order valence-corrected chi connectivity index (χ4v) is 4.16. The van der Waals surface area contributed by atoms with Crippen molar-refractivity contribution in [2.24, 2.45) is 0 Å². The van der Waals surface area contributed by atoms with E-state index in [1.165, 1.54) is 12.1 Å². The molecule has 2 aliphatic rings. The minimum Gasteiger partial charge on any atom is -0.459 e. The van der Waals surface area contributed by atoms with Gasteiger partial charge in [-0.25, -0.2) is 0 Å². The molecular weight excluding hydrogens is 461 g/mol. The van der Waals surface area contributed by atoms with Crippen LogP contribution in [0.25, 0.3) is 0 Å². The number of likely N-dealkylation sites (N-methyl/N-ethyl adjacent to an activating group) is 1. The van der Waals surface area contributed by atoms with Crippen molar-refractivity contribution >= 4 is 5.91 Å². The van der Waals surface area contributed by atoms with Crippen molar-refractivity contribution in [2.45, 2.75) is 38.0 Å². The number of halogens is 3. The third-order valence-corrected chi connectivity index (χ3v) is 6.37. The Morgan fingerprint density at radius 3 is 2.26 bits per heavy atom. The number of aliphatic hydroxyl groups is 1. The summed E-state index contributed by atoms with van der Waals surface area (Å²) in [6, 6.07) is 12.3. The van der Waals surface area contributed by atoms with Crippen LogP contribution < -0.4 is 0 Å². The molecule has 2 aromatic rings. The largest absolute Gasteiger partial charge is 0.459 e. The number of aliphatic hydroxyl groups excluding tert-OH is 1. The van der Waals surface area contributed by atoms with Crippen LogP contribution in [-0.2, 0) is 33.7 Å². The molecule has 0 aromatic heterocycles. The van der Waals surface area contributed by atoms with E-state index in [2.05, 4.69) is 4.90 Å². The lowest BCUT2D eigenvalue weighted by Gasteiger charge is -2.35. The van der Waals surface area contributed by atoms with E-state index in [0.29, 0.717) is 25.1 Å². The summed E-state index contributed by atoms with van der Waals surface area (Å²) in [5.74, 6) is -0.416. The number of carbonyl (C=O) groups excluding carboxylic acids is 1. The summed E-state index contributed by atoms with van der Waals surface area (Å²) < 4.78 is 51.0. The summed E-state index contributed by atoms with van der Waals surface area (Å²) in [6.45, 7) is 2.83. The van der Waals surface area contributed by atoms with Gasteiger partial charge in [0.2, 0.25) is 6.29 Å². The summed E-state index contributed by atoms with van der Waals surface area (Å²) >= 11 is 0. The third kappa shape index (κ3) is 6.42. The van der Waals surface area contributed by atoms with Crippen molar-refractivity contribution in [1.29, 1.82) is 0 Å². The lowest BCUT2D eigenvalue weighted by atomic mass is 9.92. The van der Waals surface area contributed by atoms with E-state index < -0.39 is 18.0 Å². The van der Waals surface area contributed by atoms with Crippen molar-refractivity contribution < 1.29 is 32.5 Å². The molecule has 1 N–H and O–H groups in total. The molecule has 2 heterocycles. The van der Waals surface area contributed by atoms with Gasteiger partial charge < -0.3 is 24.4 Å². The highest BCUT2D eigenvalue weighted by atomic mass is 19.4. The molecular formula is C26H29F3N2O4. The maximum Gasteiger partial charge on any atom is 0.416 e. The molecule has 2 aromatic carbocycles. The van der Waals surface area contributed by atoms with Gasteiger partial charge in [0.05, 0.1) is 18.8 Å². The normalized spacial score (nSPS) is 21.4. The molecule has 9 heteroatoms. The number of allylic oxidation sites excluding steroid dienone is 1. The van der Waals surface area contributed by atoms with Crippen molar-refractivity contribution in [2.75, 3.05) is 33.2 Å². The minimum atomic E-state index is -4.41. The van der Waals surface area contributed by atoms with Gasteiger partial charge in [-0.3, -0.25) is 4.79 Å². The quantitative estimate of drug-likeness (QED) is 0.666. The number of benzene rings is 2. The van der Waals surface area contributed by atoms with Crippen molar-refractivity contribution in [1.82, 2.24) is 9.80 Å². The Balaban J connectivity index is 1.52. The number of piperazine rings is 1. The number of hydrogen-bond acceptors (Lipinski definition) is 5. The van der Waals surface area contributed by atoms with Crippen LogP contribution in [0, 0.1) is 0 Å². The number of nitrogens with zero attached hydrogens (tertiary/aromatic N) is 2. The zero-order valence-corrected chi connectivity index (χ0v) is 19.5. The number of amides is 1. The molecule has 0 spiro atoms. The molecule has 2 aliphatic heterocycles. The van der Waals surface area contributed by atoms with Gasteiger partial charge in [0.1, 0.15) is 0 Å². The topological polar surface area (TPSA) is 62.2 Å². The first-order valence-corrected chi connectivity index (χ1v) is 11.6. The maximum atomic E-state index is 13.2. The fourth-order valence-electron chi connectivity index (χ4n) is 4.16. The Hall–Kier alpha value is -2.88. The Morgan fingerprint density at radius 1 is 1.03 bits per heavy atom. The first kappa shape index (κ1) is 25.2. The molecule has 0 unspecified atom stereocenters. The zero-order chi connectivity index (χ0) is 25.0. The van der Waals surface area contributed by atoms with Gasteiger partial charge in [-0.15, -0.1) is 0 Å². The molecule has 35 heavy (non-hydrogen) atoms. The second-order valence-electron chi connectivity index (χ2n) is 8.92. The van der Waals surface area contributed by atoms with E-state index in [1.54, 1.807) is 23.1 Å². The number of alkyl halides is 3. The third-order valence-electron chi connectivity index (χ3n) is 6.37. The van der Waals surface area contributed by atoms with Crippen LogP contribution in [0.1, 0.15) is 34.6 Å². The van der Waals surface area contributed by atoms with Gasteiger partial charge in [-0.2, -0.15) is 13.2 Å². The van der Waals surface area contributed by atoms with Gasteiger partial charge in [0.25, 0.3) is 5.91 Å². The summed E-state index contributed by atoms with van der Waals surface area (Å²) in [5, 5.41) is 9.21. The second kappa shape index (κ2) is 10.8. The lowest BCUT2D eigenvalue weighted by molar-refractivity contribution is -0.156. The van der Waals surface area contributed by atoms with E-state index in [-0.39, 0.29) is 30.8 Å². The summed E-state index contributed by atoms with van der Waals surface area (Å²) in [5.41, 5.74) is 1.60. The Bertz CT molecular complexity index is 1030. The molecule has 2 atom stereocenters. The van der Waals surface area contributed by atoms with Gasteiger partial charge in [-0.1, -0.05) is 36.4 Å². The predicted molar refractivity (Wildman–Crippen MR) is 123 cm³/mol. The predicted octanol–water partition coefficient (Wildman–Crippen LogP) is 3.90. The van der Waals surface area contributed by atoms with Crippen LogP contribution in [0.5, 0.6) is 0 Å². The van der Waals surface area contributed by atoms with E-state index in [9.17, 15) is 23.1 Å². The minimum absolute atomic E-state index is 0.0513. The van der Waals surface area contributed by atoms with Crippen LogP contribution in [-0.4, -0.2) is 60.3 Å². The van der Waals surface area contributed by atoms with E-state index in [1.807, 2.05) is 19.2 Å². The monoisotopic (exact) mass is 490 g/mol. The van der Waals surface area contributed by atoms with Crippen molar-refractivity contribution in [3.05, 3.63) is 82.6 Å². The highest BCUT2D eigenvalue weighted by molar-refractivity contribution is 5.92. The van der Waals surface area contributed by atoms with Crippen molar-refractivity contribution in [3.8, 4) is 0 Å². The molecule has 0 bridgehead atoms. The van der Waals surface area contributed by atoms with Gasteiger partial charge in [0, 0.05) is 38.5 Å². The Morgan fingerprint density at radius 2 is 1.66 bits per heavy atom. The molecule has 1 fully saturated rings. The van der Waals surface area contributed by atoms with Gasteiger partial charge in [0.15, 0.2) is 5.76 Å². The average Bonchev–Trinajstić information content (AvgIpc) is 2.87.